The molecule has 67 heavy (non-hydrogen) atoms. The number of amides is 6. The van der Waals surface area contributed by atoms with E-state index in [1.54, 1.807) is 39.0 Å². The number of hydrogen-bond donors (Lipinski definition) is 3. The molecule has 0 aromatic heterocycles. The Labute approximate surface area is 398 Å². The maximum Gasteiger partial charge on any atom is 0.253 e. The molecule has 2 saturated carbocycles. The van der Waals surface area contributed by atoms with Gasteiger partial charge in [-0.2, -0.15) is 0 Å². The molecule has 3 aromatic carbocycles. The Morgan fingerprint density at radius 2 is 0.985 bits per heavy atom. The number of piperazine rings is 1. The molecule has 2 heterocycles. The number of likely N-dealkylation sites (tertiary alicyclic amines) is 1. The van der Waals surface area contributed by atoms with Crippen molar-refractivity contribution in [1.82, 2.24) is 30.7 Å². The average molecular weight is 915 g/mol. The third-order valence-electron chi connectivity index (χ3n) is 14.4. The van der Waals surface area contributed by atoms with Gasteiger partial charge < -0.3 is 30.7 Å². The second kappa shape index (κ2) is 24.0. The van der Waals surface area contributed by atoms with Crippen molar-refractivity contribution < 1.29 is 28.8 Å². The molecule has 1 unspecified atom stereocenters. The summed E-state index contributed by atoms with van der Waals surface area (Å²) in [6.45, 7) is 7.21. The molecular formula is C55H74N6O6. The number of benzene rings is 3. The van der Waals surface area contributed by atoms with Gasteiger partial charge in [0.05, 0.1) is 18.4 Å². The van der Waals surface area contributed by atoms with Gasteiger partial charge in [0.25, 0.3) is 11.8 Å². The summed E-state index contributed by atoms with van der Waals surface area (Å²) in [5.74, 6) is -2.69. The lowest BCUT2D eigenvalue weighted by atomic mass is 9.94. The molecule has 4 fully saturated rings. The zero-order chi connectivity index (χ0) is 47.3. The van der Waals surface area contributed by atoms with Crippen LogP contribution < -0.4 is 16.0 Å². The van der Waals surface area contributed by atoms with E-state index in [4.69, 9.17) is 0 Å². The summed E-state index contributed by atoms with van der Waals surface area (Å²) in [7, 11) is 0. The first kappa shape index (κ1) is 49.4. The quantitative estimate of drug-likeness (QED) is 0.0827. The molecule has 7 atom stereocenters. The van der Waals surface area contributed by atoms with Gasteiger partial charge in [-0.25, -0.2) is 0 Å². The van der Waals surface area contributed by atoms with E-state index in [9.17, 15) is 28.8 Å². The summed E-state index contributed by atoms with van der Waals surface area (Å²) in [6.07, 6.45) is 16.4. The van der Waals surface area contributed by atoms with E-state index in [0.29, 0.717) is 17.7 Å². The van der Waals surface area contributed by atoms with E-state index < -0.39 is 17.9 Å². The van der Waals surface area contributed by atoms with E-state index in [1.165, 1.54) is 68.9 Å². The minimum Gasteiger partial charge on any atom is -0.354 e. The van der Waals surface area contributed by atoms with Crippen LogP contribution in [-0.2, 0) is 19.2 Å². The number of hydrogen-bond acceptors (Lipinski definition) is 6. The van der Waals surface area contributed by atoms with Crippen LogP contribution in [0.3, 0.4) is 0 Å². The Balaban J connectivity index is 0.925. The first-order valence-corrected chi connectivity index (χ1v) is 25.5. The third-order valence-corrected chi connectivity index (χ3v) is 14.4. The molecule has 2 aliphatic carbocycles. The lowest BCUT2D eigenvalue weighted by Gasteiger charge is -2.41. The van der Waals surface area contributed by atoms with Crippen molar-refractivity contribution in [3.63, 3.8) is 0 Å². The Morgan fingerprint density at radius 1 is 0.537 bits per heavy atom. The van der Waals surface area contributed by atoms with Crippen LogP contribution in [0.25, 0.3) is 0 Å². The zero-order valence-corrected chi connectivity index (χ0v) is 40.1. The fraction of sp³-hybridized carbons (Fsp3) is 0.564. The van der Waals surface area contributed by atoms with Crippen molar-refractivity contribution in [2.24, 2.45) is 17.8 Å². The topological polar surface area (TPSA) is 148 Å². The van der Waals surface area contributed by atoms with Crippen LogP contribution in [0.5, 0.6) is 0 Å². The molecule has 4 aliphatic rings. The molecule has 2 saturated heterocycles. The highest BCUT2D eigenvalue weighted by atomic mass is 16.2. The molecule has 12 nitrogen and oxygen atoms in total. The largest absolute Gasteiger partial charge is 0.354 e. The van der Waals surface area contributed by atoms with Gasteiger partial charge in [0.1, 0.15) is 6.04 Å². The highest BCUT2D eigenvalue weighted by molar-refractivity contribution is 6.00. The SMILES string of the molecule is CCCCCCCCCCCCCCNC(=O)[C@@H]1CN(C(=O)c2ccc(C(=O)N3C[C@@H](C(=O)NC4C[C@@H]4c4ccccc4)[C@H](C(=O)N[C@H]4C[C@@H]4c4ccccc4)C3)cc2)CCN1C(=O)C(C)C. The predicted molar refractivity (Wildman–Crippen MR) is 261 cm³/mol. The minimum atomic E-state index is -0.801. The lowest BCUT2D eigenvalue weighted by molar-refractivity contribution is -0.145. The van der Waals surface area contributed by atoms with Crippen LogP contribution in [0.1, 0.15) is 154 Å². The number of nitrogens with one attached hydrogen (secondary N) is 3. The summed E-state index contributed by atoms with van der Waals surface area (Å²) >= 11 is 0. The van der Waals surface area contributed by atoms with Crippen molar-refractivity contribution in [3.05, 3.63) is 107 Å². The highest BCUT2D eigenvalue weighted by Gasteiger charge is 2.49. The first-order valence-electron chi connectivity index (χ1n) is 25.5. The smallest absolute Gasteiger partial charge is 0.253 e. The fourth-order valence-electron chi connectivity index (χ4n) is 10.1. The molecular weight excluding hydrogens is 841 g/mol. The summed E-state index contributed by atoms with van der Waals surface area (Å²) in [6, 6.07) is 25.8. The van der Waals surface area contributed by atoms with E-state index in [-0.39, 0.29) is 98.0 Å². The van der Waals surface area contributed by atoms with Gasteiger partial charge in [-0.05, 0) is 54.7 Å². The van der Waals surface area contributed by atoms with Gasteiger partial charge in [0, 0.05) is 73.7 Å². The van der Waals surface area contributed by atoms with Gasteiger partial charge in [0.2, 0.25) is 23.6 Å². The molecule has 3 aromatic rings. The monoisotopic (exact) mass is 915 g/mol. The van der Waals surface area contributed by atoms with Crippen molar-refractivity contribution in [2.45, 2.75) is 141 Å². The average Bonchev–Trinajstić information content (AvgIpc) is 4.26. The number of carbonyl (C=O) groups excluding carboxylic acids is 6. The Bertz CT molecular complexity index is 2060. The van der Waals surface area contributed by atoms with Crippen molar-refractivity contribution in [2.75, 3.05) is 39.3 Å². The summed E-state index contributed by atoms with van der Waals surface area (Å²) in [5, 5.41) is 9.44. The number of carbonyl (C=O) groups is 6. The molecule has 12 heteroatoms. The lowest BCUT2D eigenvalue weighted by Crippen LogP contribution is -2.62. The number of nitrogens with zero attached hydrogens (tertiary/aromatic N) is 3. The second-order valence-electron chi connectivity index (χ2n) is 19.9. The van der Waals surface area contributed by atoms with Crippen LogP contribution in [0.4, 0.5) is 0 Å². The van der Waals surface area contributed by atoms with Crippen LogP contribution in [0.2, 0.25) is 0 Å². The molecule has 3 N–H and O–H groups in total. The Morgan fingerprint density at radius 3 is 1.45 bits per heavy atom. The van der Waals surface area contributed by atoms with Crippen LogP contribution >= 0.6 is 0 Å². The second-order valence-corrected chi connectivity index (χ2v) is 19.9. The summed E-state index contributed by atoms with van der Waals surface area (Å²) in [5.41, 5.74) is 3.04. The van der Waals surface area contributed by atoms with Gasteiger partial charge in [-0.3, -0.25) is 28.8 Å². The van der Waals surface area contributed by atoms with E-state index in [2.05, 4.69) is 47.1 Å². The summed E-state index contributed by atoms with van der Waals surface area (Å²) < 4.78 is 0. The van der Waals surface area contributed by atoms with Crippen molar-refractivity contribution in [1.29, 1.82) is 0 Å². The molecule has 2 aliphatic heterocycles. The number of rotatable bonds is 23. The van der Waals surface area contributed by atoms with Crippen molar-refractivity contribution in [3.8, 4) is 0 Å². The van der Waals surface area contributed by atoms with Gasteiger partial charge in [0.15, 0.2) is 0 Å². The minimum absolute atomic E-state index is 0.0215. The van der Waals surface area contributed by atoms with Gasteiger partial charge in [-0.1, -0.05) is 152 Å². The standard InChI is InChI=1S/C55H74N6O6/c1-4-5-6-7-8-9-10-11-12-13-14-21-30-56-52(64)49-37-59(31-32-61(49)53(65)38(2)3)54(66)41-26-28-42(29-27-41)55(67)60-35-45(50(62)57-47-33-43(47)39-22-17-15-18-23-39)46(36-60)51(63)58-48-34-44(48)40-24-19-16-20-25-40/h15-20,22-29,38,43-49H,4-14,21,30-37H2,1-3H3,(H,56,64)(H,57,62)(H,58,63)/t43-,44-,45-,46-,47+,48?,49+/m1/s1. The highest BCUT2D eigenvalue weighted by Crippen LogP contribution is 2.43. The fourth-order valence-corrected chi connectivity index (χ4v) is 10.1. The van der Waals surface area contributed by atoms with Gasteiger partial charge >= 0.3 is 0 Å². The predicted octanol–water partition coefficient (Wildman–Crippen LogP) is 7.85. The zero-order valence-electron chi connectivity index (χ0n) is 40.1. The van der Waals surface area contributed by atoms with Crippen LogP contribution in [0, 0.1) is 17.8 Å². The van der Waals surface area contributed by atoms with Crippen molar-refractivity contribution >= 4 is 35.4 Å². The molecule has 7 rings (SSSR count). The summed E-state index contributed by atoms with van der Waals surface area (Å²) in [4.78, 5) is 87.7. The van der Waals surface area contributed by atoms with Gasteiger partial charge in [-0.15, -0.1) is 0 Å². The number of unbranched alkanes of at least 4 members (excludes halogenated alkanes) is 11. The van der Waals surface area contributed by atoms with Crippen LogP contribution in [0.15, 0.2) is 84.9 Å². The van der Waals surface area contributed by atoms with E-state index in [0.717, 1.165) is 32.1 Å². The molecule has 360 valence electrons. The molecule has 0 radical (unpaired) electrons. The maximum atomic E-state index is 14.1. The third kappa shape index (κ3) is 13.3. The Hall–Kier alpha value is -5.52. The molecule has 0 spiro atoms. The van der Waals surface area contributed by atoms with E-state index in [1.807, 2.05) is 50.2 Å². The molecule has 0 bridgehead atoms. The molecule has 6 amide bonds. The van der Waals surface area contributed by atoms with E-state index >= 15 is 0 Å². The maximum absolute atomic E-state index is 14.1. The normalized spacial score (nSPS) is 23.2. The first-order chi connectivity index (χ1) is 32.5. The van der Waals surface area contributed by atoms with Crippen LogP contribution in [-0.4, -0.2) is 108 Å². The Kier molecular flexibility index (Phi) is 17.7.